The predicted octanol–water partition coefficient (Wildman–Crippen LogP) is 3.45. The Kier molecular flexibility index (Phi) is 5.15. The van der Waals surface area contributed by atoms with Crippen LogP contribution in [0.15, 0.2) is 36.4 Å². The summed E-state index contributed by atoms with van der Waals surface area (Å²) in [6, 6.07) is 10.6. The van der Waals surface area contributed by atoms with Crippen LogP contribution in [0.4, 0.5) is 4.39 Å². The predicted molar refractivity (Wildman–Crippen MR) is 84.4 cm³/mol. The lowest BCUT2D eigenvalue weighted by Gasteiger charge is -2.09. The second-order valence-electron chi connectivity index (χ2n) is 5.47. The minimum atomic E-state index is -0.242. The molecule has 1 amide bonds. The van der Waals surface area contributed by atoms with Crippen LogP contribution in [0, 0.1) is 26.6 Å². The van der Waals surface area contributed by atoms with Gasteiger partial charge in [0.25, 0.3) is 5.91 Å². The van der Waals surface area contributed by atoms with E-state index in [0.717, 1.165) is 16.7 Å². The van der Waals surface area contributed by atoms with Gasteiger partial charge in [-0.15, -0.1) is 0 Å². The molecule has 2 aromatic carbocycles. The third kappa shape index (κ3) is 4.58. The highest BCUT2D eigenvalue weighted by Crippen LogP contribution is 2.16. The van der Waals surface area contributed by atoms with E-state index < -0.39 is 0 Å². The lowest BCUT2D eigenvalue weighted by Crippen LogP contribution is -2.28. The fourth-order valence-electron chi connectivity index (χ4n) is 2.23. The second-order valence-corrected chi connectivity index (χ2v) is 5.47. The molecule has 0 aliphatic rings. The smallest absolute Gasteiger partial charge is 0.258 e. The third-order valence-electron chi connectivity index (χ3n) is 3.28. The van der Waals surface area contributed by atoms with Gasteiger partial charge in [0.1, 0.15) is 11.6 Å². The molecule has 0 aromatic heterocycles. The average molecular weight is 301 g/mol. The minimum absolute atomic E-state index is 0.0386. The number of carbonyl (C=O) groups excluding carboxylic acids is 1. The molecule has 0 atom stereocenters. The van der Waals surface area contributed by atoms with Crippen LogP contribution >= 0.6 is 0 Å². The molecule has 0 aliphatic carbocycles. The van der Waals surface area contributed by atoms with Crippen LogP contribution in [-0.4, -0.2) is 12.5 Å². The zero-order valence-electron chi connectivity index (χ0n) is 13.1. The highest BCUT2D eigenvalue weighted by atomic mass is 19.1. The number of carbonyl (C=O) groups is 1. The van der Waals surface area contributed by atoms with E-state index in [1.54, 1.807) is 19.1 Å². The number of hydrogen-bond acceptors (Lipinski definition) is 2. The number of amides is 1. The fraction of sp³-hybridized carbons (Fsp3) is 0.278. The second kappa shape index (κ2) is 7.07. The van der Waals surface area contributed by atoms with Crippen LogP contribution in [0.5, 0.6) is 5.75 Å². The summed E-state index contributed by atoms with van der Waals surface area (Å²) in [5, 5.41) is 2.76. The molecule has 116 valence electrons. The molecule has 2 aromatic rings. The van der Waals surface area contributed by atoms with Crippen molar-refractivity contribution < 1.29 is 13.9 Å². The Labute approximate surface area is 130 Å². The summed E-state index contributed by atoms with van der Waals surface area (Å²) in [5.41, 5.74) is 3.62. The number of benzene rings is 2. The van der Waals surface area contributed by atoms with Crippen molar-refractivity contribution in [3.63, 3.8) is 0 Å². The largest absolute Gasteiger partial charge is 0.484 e. The van der Waals surface area contributed by atoms with Crippen molar-refractivity contribution in [1.29, 1.82) is 0 Å². The van der Waals surface area contributed by atoms with Crippen molar-refractivity contribution in [2.45, 2.75) is 27.3 Å². The normalized spacial score (nSPS) is 10.4. The van der Waals surface area contributed by atoms with Gasteiger partial charge in [-0.2, -0.15) is 0 Å². The third-order valence-corrected chi connectivity index (χ3v) is 3.28. The van der Waals surface area contributed by atoms with Crippen molar-refractivity contribution in [2.24, 2.45) is 0 Å². The lowest BCUT2D eigenvalue weighted by molar-refractivity contribution is -0.123. The standard InChI is InChI=1S/C18H20FNO2/c1-12-6-13(2)8-16(7-12)22-11-18(21)20-10-15-4-5-17(19)14(3)9-15/h4-9H,10-11H2,1-3H3,(H,20,21). The van der Waals surface area contributed by atoms with Crippen LogP contribution in [0.3, 0.4) is 0 Å². The molecular weight excluding hydrogens is 281 g/mol. The van der Waals surface area contributed by atoms with E-state index in [-0.39, 0.29) is 18.3 Å². The van der Waals surface area contributed by atoms with Gasteiger partial charge in [-0.1, -0.05) is 18.2 Å². The molecule has 1 N–H and O–H groups in total. The summed E-state index contributed by atoms with van der Waals surface area (Å²) in [6.45, 7) is 5.98. The molecule has 0 saturated heterocycles. The van der Waals surface area contributed by atoms with E-state index in [0.29, 0.717) is 17.9 Å². The van der Waals surface area contributed by atoms with Crippen LogP contribution in [0.2, 0.25) is 0 Å². The Hall–Kier alpha value is -2.36. The first-order chi connectivity index (χ1) is 10.4. The van der Waals surface area contributed by atoms with E-state index >= 15 is 0 Å². The highest BCUT2D eigenvalue weighted by molar-refractivity contribution is 5.77. The van der Waals surface area contributed by atoms with E-state index in [4.69, 9.17) is 4.74 Å². The van der Waals surface area contributed by atoms with Gasteiger partial charge in [0.15, 0.2) is 6.61 Å². The van der Waals surface area contributed by atoms with Crippen molar-refractivity contribution in [3.05, 3.63) is 64.5 Å². The van der Waals surface area contributed by atoms with Crippen LogP contribution in [0.1, 0.15) is 22.3 Å². The highest BCUT2D eigenvalue weighted by Gasteiger charge is 2.05. The monoisotopic (exact) mass is 301 g/mol. The number of aryl methyl sites for hydroxylation is 3. The number of ether oxygens (including phenoxy) is 1. The minimum Gasteiger partial charge on any atom is -0.484 e. The Bertz CT molecular complexity index is 663. The Morgan fingerprint density at radius 1 is 1.09 bits per heavy atom. The van der Waals surface area contributed by atoms with Gasteiger partial charge in [-0.05, 0) is 61.2 Å². The van der Waals surface area contributed by atoms with Gasteiger partial charge in [0, 0.05) is 6.54 Å². The molecule has 0 unspecified atom stereocenters. The maximum absolute atomic E-state index is 13.2. The zero-order valence-corrected chi connectivity index (χ0v) is 13.1. The average Bonchev–Trinajstić information content (AvgIpc) is 2.45. The molecular formula is C18H20FNO2. The van der Waals surface area contributed by atoms with E-state index in [1.807, 2.05) is 32.0 Å². The maximum atomic E-state index is 13.2. The summed E-state index contributed by atoms with van der Waals surface area (Å²) in [5.74, 6) is 0.236. The van der Waals surface area contributed by atoms with Crippen molar-refractivity contribution >= 4 is 5.91 Å². The maximum Gasteiger partial charge on any atom is 0.258 e. The number of halogens is 1. The Balaban J connectivity index is 1.84. The Morgan fingerprint density at radius 2 is 1.77 bits per heavy atom. The zero-order chi connectivity index (χ0) is 16.1. The van der Waals surface area contributed by atoms with E-state index in [2.05, 4.69) is 5.32 Å². The summed E-state index contributed by atoms with van der Waals surface area (Å²) in [6.07, 6.45) is 0. The molecule has 2 rings (SSSR count). The van der Waals surface area contributed by atoms with Gasteiger partial charge in [-0.3, -0.25) is 4.79 Å². The van der Waals surface area contributed by atoms with E-state index in [9.17, 15) is 9.18 Å². The first-order valence-corrected chi connectivity index (χ1v) is 7.17. The summed E-state index contributed by atoms with van der Waals surface area (Å²) in [7, 11) is 0. The van der Waals surface area contributed by atoms with Gasteiger partial charge < -0.3 is 10.1 Å². The molecule has 3 nitrogen and oxygen atoms in total. The molecule has 0 heterocycles. The summed E-state index contributed by atoms with van der Waals surface area (Å²) >= 11 is 0. The molecule has 0 spiro atoms. The molecule has 4 heteroatoms. The first-order valence-electron chi connectivity index (χ1n) is 7.17. The number of nitrogens with one attached hydrogen (secondary N) is 1. The van der Waals surface area contributed by atoms with Gasteiger partial charge in [0.2, 0.25) is 0 Å². The first kappa shape index (κ1) is 16.0. The number of rotatable bonds is 5. The Morgan fingerprint density at radius 3 is 2.41 bits per heavy atom. The van der Waals surface area contributed by atoms with Gasteiger partial charge in [-0.25, -0.2) is 4.39 Å². The molecule has 0 radical (unpaired) electrons. The van der Waals surface area contributed by atoms with Crippen molar-refractivity contribution in [1.82, 2.24) is 5.32 Å². The van der Waals surface area contributed by atoms with E-state index in [1.165, 1.54) is 6.07 Å². The number of hydrogen-bond donors (Lipinski definition) is 1. The van der Waals surface area contributed by atoms with Crippen molar-refractivity contribution in [2.75, 3.05) is 6.61 Å². The summed E-state index contributed by atoms with van der Waals surface area (Å²) < 4.78 is 18.7. The quantitative estimate of drug-likeness (QED) is 0.918. The molecule has 0 bridgehead atoms. The summed E-state index contributed by atoms with van der Waals surface area (Å²) in [4.78, 5) is 11.8. The van der Waals surface area contributed by atoms with Crippen LogP contribution in [-0.2, 0) is 11.3 Å². The van der Waals surface area contributed by atoms with Gasteiger partial charge >= 0.3 is 0 Å². The molecule has 0 saturated carbocycles. The SMILES string of the molecule is Cc1cc(C)cc(OCC(=O)NCc2ccc(F)c(C)c2)c1. The van der Waals surface area contributed by atoms with Gasteiger partial charge in [0.05, 0.1) is 0 Å². The van der Waals surface area contributed by atoms with Crippen LogP contribution in [0.25, 0.3) is 0 Å². The fourth-order valence-corrected chi connectivity index (χ4v) is 2.23. The molecule has 22 heavy (non-hydrogen) atoms. The topological polar surface area (TPSA) is 38.3 Å². The molecule has 0 fully saturated rings. The lowest BCUT2D eigenvalue weighted by atomic mass is 10.1. The van der Waals surface area contributed by atoms with Crippen molar-refractivity contribution in [3.8, 4) is 5.75 Å². The van der Waals surface area contributed by atoms with Crippen LogP contribution < -0.4 is 10.1 Å². The molecule has 0 aliphatic heterocycles.